The van der Waals surface area contributed by atoms with Crippen molar-refractivity contribution in [3.63, 3.8) is 0 Å². The Bertz CT molecular complexity index is 2620. The van der Waals surface area contributed by atoms with Crippen LogP contribution in [0.1, 0.15) is 184 Å². The van der Waals surface area contributed by atoms with E-state index in [4.69, 9.17) is 9.47 Å². The van der Waals surface area contributed by atoms with Gasteiger partial charge in [0.05, 0.1) is 12.6 Å². The quantitative estimate of drug-likeness (QED) is 0.0340. The van der Waals surface area contributed by atoms with Crippen molar-refractivity contribution in [1.29, 1.82) is 0 Å². The van der Waals surface area contributed by atoms with Crippen LogP contribution in [0.5, 0.6) is 0 Å². The average Bonchev–Trinajstić information content (AvgIpc) is 0.806. The fourth-order valence-electron chi connectivity index (χ4n) is 11.1. The summed E-state index contributed by atoms with van der Waals surface area (Å²) in [5.41, 5.74) is -0.834. The van der Waals surface area contributed by atoms with Crippen LogP contribution in [0.4, 0.5) is 4.79 Å². The predicted octanol–water partition coefficient (Wildman–Crippen LogP) is 5.43. The molecule has 0 spiro atoms. The summed E-state index contributed by atoms with van der Waals surface area (Å²) in [6.07, 6.45) is 3.34. The number of aldehydes is 1. The molecule has 95 heavy (non-hydrogen) atoms. The van der Waals surface area contributed by atoms with Crippen molar-refractivity contribution in [3.8, 4) is 0 Å². The van der Waals surface area contributed by atoms with Gasteiger partial charge in [0.15, 0.2) is 0 Å². The summed E-state index contributed by atoms with van der Waals surface area (Å²) in [4.78, 5) is 191. The lowest BCUT2D eigenvalue weighted by Crippen LogP contribution is -2.64. The molecule has 0 heterocycles. The number of carbonyl (C=O) groups is 13. The Labute approximate surface area is 568 Å². The highest BCUT2D eigenvalue weighted by Crippen LogP contribution is 2.27. The van der Waals surface area contributed by atoms with Crippen LogP contribution in [0.25, 0.3) is 0 Å². The maximum Gasteiger partial charge on any atom is 0.408 e. The lowest BCUT2D eigenvalue weighted by atomic mass is 9.91. The zero-order valence-corrected chi connectivity index (χ0v) is 62.8. The number of amides is 11. The molecule has 0 aromatic heterocycles. The smallest absolute Gasteiger partial charge is 0.408 e. The van der Waals surface area contributed by atoms with Gasteiger partial charge in [-0.1, -0.05) is 109 Å². The van der Waals surface area contributed by atoms with Crippen LogP contribution >= 0.6 is 0 Å². The van der Waals surface area contributed by atoms with Crippen LogP contribution in [0.15, 0.2) is 12.2 Å². The maximum atomic E-state index is 15.4. The minimum absolute atomic E-state index is 0.0390. The van der Waals surface area contributed by atoms with Gasteiger partial charge in [-0.15, -0.1) is 0 Å². The van der Waals surface area contributed by atoms with Crippen molar-refractivity contribution >= 4 is 77.4 Å². The molecule has 0 saturated carbocycles. The molecule has 0 unspecified atom stereocenters. The zero-order valence-electron chi connectivity index (χ0n) is 62.8. The van der Waals surface area contributed by atoms with Gasteiger partial charge in [0.25, 0.3) is 0 Å². The van der Waals surface area contributed by atoms with E-state index in [0.29, 0.717) is 19.1 Å². The first-order valence-electron chi connectivity index (χ1n) is 33.6. The van der Waals surface area contributed by atoms with Gasteiger partial charge in [-0.2, -0.15) is 0 Å². The van der Waals surface area contributed by atoms with E-state index in [1.54, 1.807) is 75.3 Å². The summed E-state index contributed by atoms with van der Waals surface area (Å²) in [5, 5.41) is 10.7. The summed E-state index contributed by atoms with van der Waals surface area (Å²) in [6, 6.07) is -11.9. The Morgan fingerprint density at radius 2 is 0.937 bits per heavy atom. The Kier molecular flexibility index (Phi) is 37.4. The van der Waals surface area contributed by atoms with Crippen molar-refractivity contribution < 1.29 is 71.8 Å². The van der Waals surface area contributed by atoms with E-state index in [9.17, 15) is 43.2 Å². The molecule has 0 aromatic carbocycles. The number of likely N-dealkylation sites (N-methyl/N-ethyl adjacent to an activating group) is 7. The van der Waals surface area contributed by atoms with Gasteiger partial charge in [0, 0.05) is 56.3 Å². The molecule has 11 amide bonds. The number of hydrogen-bond donors (Lipinski definition) is 4. The van der Waals surface area contributed by atoms with Crippen LogP contribution in [-0.4, -0.2) is 240 Å². The van der Waals surface area contributed by atoms with Gasteiger partial charge in [-0.25, -0.2) is 4.79 Å². The standard InChI is InChI=1S/C69H123N11O15/c1-29-31-32-45(15)58(94-48(18)82)57(61(86)72-50(30-2)63(88)74(22)37-54(83)75(23)49(38-81)33-39(3)4)80(28)67(92)56(44(13)14)79(27)65(90)53(36-42(9)10)78(26)64(89)52(35-41(7)8)77(25)62(87)47(17)71-59(84)46(16)70-60(85)51(34-40(5)6)76(24)66(91)55(43(11)12)73-68(93)95-69(19,20)21/h29,31,38-47,49-53,55-58H,30,32-37H2,1-28H3,(H,70,85)(H,71,84)(H,72,86)(H,73,93)/b31-29+/t45-,46+,47-,49+,50+,51+,52+,53+,55+,56+,57+,58-/m1/s1. The summed E-state index contributed by atoms with van der Waals surface area (Å²) >= 11 is 0. The average molecular weight is 1350 g/mol. The summed E-state index contributed by atoms with van der Waals surface area (Å²) in [6.45, 7) is 35.7. The SMILES string of the molecule is C/C=C/C[C@@H](C)[C@@H](OC(C)=O)[C@@H](C(=O)N[C@@H](CC)C(=O)N(C)CC(=O)N(C)[C@H](C=O)CC(C)C)N(C)C(=O)[C@H](C(C)C)N(C)C(=O)[C@H](CC(C)C)N(C)C(=O)[C@H](CC(C)C)N(C)C(=O)[C@@H](C)NC(=O)[C@H](C)NC(=O)[C@H](CC(C)C)N(C)C(=O)[C@@H](NC(=O)OC(C)(C)C)C(C)C. The lowest BCUT2D eigenvalue weighted by Gasteiger charge is -2.42. The molecule has 0 aliphatic carbocycles. The van der Waals surface area contributed by atoms with Crippen LogP contribution in [-0.2, 0) is 67.0 Å². The molecule has 0 fully saturated rings. The molecule has 544 valence electrons. The summed E-state index contributed by atoms with van der Waals surface area (Å²) in [7, 11) is 9.95. The molecular weight excluding hydrogens is 1220 g/mol. The van der Waals surface area contributed by atoms with Gasteiger partial charge in [-0.05, 0) is 121 Å². The van der Waals surface area contributed by atoms with Gasteiger partial charge < -0.3 is 69.8 Å². The Balaban J connectivity index is 7.27. The topological polar surface area (TPSA) is 311 Å². The van der Waals surface area contributed by atoms with Crippen molar-refractivity contribution in [1.82, 2.24) is 55.6 Å². The number of alkyl carbamates (subject to hydrolysis) is 1. The van der Waals surface area contributed by atoms with E-state index in [1.165, 1.54) is 94.6 Å². The highest BCUT2D eigenvalue weighted by molar-refractivity contribution is 5.99. The molecule has 0 saturated heterocycles. The van der Waals surface area contributed by atoms with E-state index in [2.05, 4.69) is 21.3 Å². The third-order valence-corrected chi connectivity index (χ3v) is 16.6. The van der Waals surface area contributed by atoms with Crippen LogP contribution in [0.2, 0.25) is 0 Å². The summed E-state index contributed by atoms with van der Waals surface area (Å²) < 4.78 is 11.3. The molecule has 26 nitrogen and oxygen atoms in total. The van der Waals surface area contributed by atoms with Crippen molar-refractivity contribution in [2.45, 2.75) is 256 Å². The molecule has 4 N–H and O–H groups in total. The molecule has 0 radical (unpaired) electrons. The van der Waals surface area contributed by atoms with E-state index in [-0.39, 0.29) is 49.4 Å². The first kappa shape index (κ1) is 87.9. The Hall–Kier alpha value is -7.15. The molecule has 0 aliphatic heterocycles. The van der Waals surface area contributed by atoms with Gasteiger partial charge in [0.1, 0.15) is 72.4 Å². The number of carbonyl (C=O) groups excluding carboxylic acids is 13. The van der Waals surface area contributed by atoms with Crippen LogP contribution in [0, 0.1) is 41.4 Å². The molecule has 0 aromatic rings. The fraction of sp³-hybridized carbons (Fsp3) is 0.783. The summed E-state index contributed by atoms with van der Waals surface area (Å²) in [5.74, 6) is -9.39. The van der Waals surface area contributed by atoms with E-state index >= 15 is 19.2 Å². The monoisotopic (exact) mass is 1350 g/mol. The van der Waals surface area contributed by atoms with E-state index in [1.807, 2.05) is 61.5 Å². The van der Waals surface area contributed by atoms with Crippen molar-refractivity contribution in [2.24, 2.45) is 41.4 Å². The number of allylic oxidation sites excluding steroid dienone is 2. The van der Waals surface area contributed by atoms with Gasteiger partial charge >= 0.3 is 12.1 Å². The third-order valence-electron chi connectivity index (χ3n) is 16.6. The predicted molar refractivity (Wildman–Crippen MR) is 365 cm³/mol. The molecule has 0 aliphatic rings. The first-order valence-corrected chi connectivity index (χ1v) is 33.6. The highest BCUT2D eigenvalue weighted by Gasteiger charge is 2.47. The number of esters is 1. The zero-order chi connectivity index (χ0) is 74.2. The second kappa shape index (κ2) is 40.4. The number of nitrogens with one attached hydrogen (secondary N) is 4. The van der Waals surface area contributed by atoms with Crippen LogP contribution < -0.4 is 21.3 Å². The second-order valence-electron chi connectivity index (χ2n) is 29.0. The highest BCUT2D eigenvalue weighted by atomic mass is 16.6. The molecule has 0 bridgehead atoms. The van der Waals surface area contributed by atoms with Crippen LogP contribution in [0.3, 0.4) is 0 Å². The maximum absolute atomic E-state index is 15.4. The van der Waals surface area contributed by atoms with E-state index in [0.717, 1.165) is 9.80 Å². The van der Waals surface area contributed by atoms with Crippen molar-refractivity contribution in [2.75, 3.05) is 55.9 Å². The number of hydrogen-bond acceptors (Lipinski definition) is 15. The normalized spacial score (nSPS) is 15.6. The second-order valence-corrected chi connectivity index (χ2v) is 29.0. The Morgan fingerprint density at radius 1 is 0.484 bits per heavy atom. The lowest BCUT2D eigenvalue weighted by molar-refractivity contribution is -0.164. The minimum atomic E-state index is -1.60. The number of ether oxygens (including phenoxy) is 2. The van der Waals surface area contributed by atoms with Gasteiger partial charge in [0.2, 0.25) is 59.1 Å². The molecule has 0 rings (SSSR count). The van der Waals surface area contributed by atoms with E-state index < -0.39 is 168 Å². The van der Waals surface area contributed by atoms with Crippen molar-refractivity contribution in [3.05, 3.63) is 12.2 Å². The Morgan fingerprint density at radius 3 is 1.37 bits per heavy atom. The largest absolute Gasteiger partial charge is 0.459 e. The third kappa shape index (κ3) is 27.8. The van der Waals surface area contributed by atoms with Gasteiger partial charge in [-0.3, -0.25) is 52.7 Å². The minimum Gasteiger partial charge on any atom is -0.459 e. The number of rotatable bonds is 38. The molecular formula is C69H123N11O15. The first-order chi connectivity index (χ1) is 43.6. The molecule has 26 heteroatoms. The molecule has 12 atom stereocenters. The number of nitrogens with zero attached hydrogens (tertiary/aromatic N) is 7. The fourth-order valence-corrected chi connectivity index (χ4v) is 11.1.